The lowest BCUT2D eigenvalue weighted by atomic mass is 10.1. The Morgan fingerprint density at radius 3 is 2.35 bits per heavy atom. The van der Waals surface area contributed by atoms with Crippen LogP contribution in [0.15, 0.2) is 48.5 Å². The highest BCUT2D eigenvalue weighted by atomic mass is 16.9. The minimum Gasteiger partial charge on any atom is -0.464 e. The molecule has 11 heteroatoms. The van der Waals surface area contributed by atoms with Crippen LogP contribution in [0, 0.1) is 10.1 Å². The third kappa shape index (κ3) is 12.4. The molecule has 1 unspecified atom stereocenters. The van der Waals surface area contributed by atoms with Crippen LogP contribution < -0.4 is 14.8 Å². The number of hydrogen-bond donors (Lipinski definition) is 1. The van der Waals surface area contributed by atoms with Crippen molar-refractivity contribution < 1.29 is 38.5 Å². The summed E-state index contributed by atoms with van der Waals surface area (Å²) in [6.45, 7) is 2.60. The van der Waals surface area contributed by atoms with E-state index in [0.29, 0.717) is 50.2 Å². The molecule has 0 aliphatic heterocycles. The van der Waals surface area contributed by atoms with Gasteiger partial charge in [-0.2, -0.15) is 0 Å². The highest BCUT2D eigenvalue weighted by molar-refractivity contribution is 5.73. The molecule has 0 aliphatic carbocycles. The van der Waals surface area contributed by atoms with Crippen molar-refractivity contribution in [3.8, 4) is 11.5 Å². The van der Waals surface area contributed by atoms with Crippen molar-refractivity contribution in [3.05, 3.63) is 69.8 Å². The molecule has 0 heterocycles. The quantitative estimate of drug-likeness (QED) is 0.0817. The van der Waals surface area contributed by atoms with E-state index in [9.17, 15) is 24.5 Å². The Kier molecular flexibility index (Phi) is 13.0. The number of esters is 1. The first-order chi connectivity index (χ1) is 17.9. The molecule has 11 nitrogen and oxygen atoms in total. The number of nitrogens with one attached hydrogen (secondary N) is 1. The second-order valence-corrected chi connectivity index (χ2v) is 8.20. The average molecular weight is 517 g/mol. The molecule has 0 saturated carbocycles. The number of hydrogen-bond acceptors (Lipinski definition) is 9. The summed E-state index contributed by atoms with van der Waals surface area (Å²) in [6.07, 6.45) is 2.40. The van der Waals surface area contributed by atoms with Gasteiger partial charge < -0.3 is 24.4 Å². The van der Waals surface area contributed by atoms with Crippen LogP contribution >= 0.6 is 0 Å². The van der Waals surface area contributed by atoms with Gasteiger partial charge in [0.1, 0.15) is 24.2 Å². The number of benzene rings is 2. The minimum atomic E-state index is -0.861. The Hall–Kier alpha value is -4.15. The lowest BCUT2D eigenvalue weighted by Crippen LogP contribution is -2.28. The average Bonchev–Trinajstić information content (AvgIpc) is 2.84. The first-order valence-corrected chi connectivity index (χ1v) is 12.1. The Balaban J connectivity index is 1.68. The zero-order valence-corrected chi connectivity index (χ0v) is 20.8. The molecule has 0 bridgehead atoms. The predicted octanol–water partition coefficient (Wildman–Crippen LogP) is 4.19. The number of amides is 1. The lowest BCUT2D eigenvalue weighted by molar-refractivity contribution is -0.757. The van der Waals surface area contributed by atoms with Crippen LogP contribution in [0.2, 0.25) is 0 Å². The van der Waals surface area contributed by atoms with Crippen molar-refractivity contribution in [2.24, 2.45) is 0 Å². The smallest absolute Gasteiger partial charge is 0.412 e. The molecule has 1 N–H and O–H groups in total. The first-order valence-electron chi connectivity index (χ1n) is 12.1. The summed E-state index contributed by atoms with van der Waals surface area (Å²) < 4.78 is 15.6. The Bertz CT molecular complexity index is 1030. The van der Waals surface area contributed by atoms with Gasteiger partial charge in [-0.3, -0.25) is 9.59 Å². The standard InChI is InChI=1S/C26H32N2O9/c1-2-7-20-8-5-11-23(16-20)36-25(30)18-22(34-19-29)10-3-4-14-27-26(31)37-24-12-6-9-21(17-24)13-15-35-28(32)33/h5-6,8-9,11-12,16-17,19,22H,2-4,7,10,13-15,18H2,1H3,(H,27,31). The van der Waals surface area contributed by atoms with Crippen molar-refractivity contribution in [3.63, 3.8) is 0 Å². The van der Waals surface area contributed by atoms with Gasteiger partial charge in [0.25, 0.3) is 11.6 Å². The number of rotatable bonds is 17. The number of unbranched alkanes of at least 4 members (excludes halogenated alkanes) is 1. The van der Waals surface area contributed by atoms with Gasteiger partial charge in [-0.25, -0.2) is 4.79 Å². The third-order valence-corrected chi connectivity index (χ3v) is 5.23. The number of aryl methyl sites for hydroxylation is 1. The van der Waals surface area contributed by atoms with Crippen LogP contribution in [0.1, 0.15) is 50.2 Å². The Morgan fingerprint density at radius 2 is 1.70 bits per heavy atom. The zero-order chi connectivity index (χ0) is 26.9. The molecule has 0 spiro atoms. The van der Waals surface area contributed by atoms with E-state index in [1.165, 1.54) is 0 Å². The van der Waals surface area contributed by atoms with Crippen molar-refractivity contribution in [1.29, 1.82) is 0 Å². The van der Waals surface area contributed by atoms with Crippen molar-refractivity contribution in [2.45, 2.75) is 58.0 Å². The molecule has 0 radical (unpaired) electrons. The molecule has 1 amide bonds. The summed E-state index contributed by atoms with van der Waals surface area (Å²) in [5.74, 6) is 0.266. The van der Waals surface area contributed by atoms with Crippen LogP contribution in [0.5, 0.6) is 11.5 Å². The number of ether oxygens (including phenoxy) is 3. The van der Waals surface area contributed by atoms with E-state index in [0.717, 1.165) is 24.0 Å². The zero-order valence-electron chi connectivity index (χ0n) is 20.8. The summed E-state index contributed by atoms with van der Waals surface area (Å²) in [5, 5.41) is 12.0. The molecule has 0 fully saturated rings. The summed E-state index contributed by atoms with van der Waals surface area (Å²) in [4.78, 5) is 49.7. The fourth-order valence-corrected chi connectivity index (χ4v) is 3.54. The van der Waals surface area contributed by atoms with E-state index in [4.69, 9.17) is 14.2 Å². The van der Waals surface area contributed by atoms with Gasteiger partial charge in [-0.15, -0.1) is 10.1 Å². The summed E-state index contributed by atoms with van der Waals surface area (Å²) in [7, 11) is 0. The second kappa shape index (κ2) is 16.5. The van der Waals surface area contributed by atoms with Gasteiger partial charge in [-0.05, 0) is 67.5 Å². The maximum Gasteiger partial charge on any atom is 0.412 e. The molecule has 0 aromatic heterocycles. The number of nitrogens with zero attached hydrogens (tertiary/aromatic N) is 1. The summed E-state index contributed by atoms with van der Waals surface area (Å²) in [5.41, 5.74) is 1.80. The van der Waals surface area contributed by atoms with E-state index in [2.05, 4.69) is 17.1 Å². The lowest BCUT2D eigenvalue weighted by Gasteiger charge is -2.15. The largest absolute Gasteiger partial charge is 0.464 e. The predicted molar refractivity (Wildman–Crippen MR) is 133 cm³/mol. The topological polar surface area (TPSA) is 143 Å². The minimum absolute atomic E-state index is 0.0741. The van der Waals surface area contributed by atoms with Crippen molar-refractivity contribution >= 4 is 18.5 Å². The van der Waals surface area contributed by atoms with E-state index in [1.807, 2.05) is 18.2 Å². The number of carbonyl (C=O) groups is 3. The molecule has 37 heavy (non-hydrogen) atoms. The maximum atomic E-state index is 12.3. The van der Waals surface area contributed by atoms with Crippen LogP contribution in [-0.2, 0) is 32.0 Å². The van der Waals surface area contributed by atoms with Gasteiger partial charge in [0.05, 0.1) is 6.42 Å². The molecule has 2 aromatic rings. The molecular weight excluding hydrogens is 484 g/mol. The molecule has 2 rings (SSSR count). The SMILES string of the molecule is CCCc1cccc(OC(=O)CC(CCCCNC(=O)Oc2cccc(CCO[N+](=O)[O-])c2)OC=O)c1. The highest BCUT2D eigenvalue weighted by Gasteiger charge is 2.17. The fraction of sp³-hybridized carbons (Fsp3) is 0.423. The normalized spacial score (nSPS) is 11.2. The summed E-state index contributed by atoms with van der Waals surface area (Å²) >= 11 is 0. The van der Waals surface area contributed by atoms with Crippen LogP contribution in [-0.4, -0.2) is 42.9 Å². The Labute approximate surface area is 215 Å². The van der Waals surface area contributed by atoms with Gasteiger partial charge in [0, 0.05) is 6.54 Å². The monoisotopic (exact) mass is 516 g/mol. The van der Waals surface area contributed by atoms with Gasteiger partial charge in [0.2, 0.25) is 0 Å². The van der Waals surface area contributed by atoms with Crippen LogP contribution in [0.4, 0.5) is 4.79 Å². The van der Waals surface area contributed by atoms with Crippen LogP contribution in [0.3, 0.4) is 0 Å². The molecule has 0 aliphatic rings. The molecule has 200 valence electrons. The highest BCUT2D eigenvalue weighted by Crippen LogP contribution is 2.17. The van der Waals surface area contributed by atoms with Crippen molar-refractivity contribution in [2.75, 3.05) is 13.2 Å². The third-order valence-electron chi connectivity index (χ3n) is 5.23. The summed E-state index contributed by atoms with van der Waals surface area (Å²) in [6, 6.07) is 13.9. The van der Waals surface area contributed by atoms with Gasteiger partial charge in [-0.1, -0.05) is 37.6 Å². The van der Waals surface area contributed by atoms with E-state index in [-0.39, 0.29) is 13.0 Å². The molecule has 1 atom stereocenters. The van der Waals surface area contributed by atoms with E-state index in [1.54, 1.807) is 30.3 Å². The molecule has 2 aromatic carbocycles. The van der Waals surface area contributed by atoms with Crippen molar-refractivity contribution in [1.82, 2.24) is 5.32 Å². The second-order valence-electron chi connectivity index (χ2n) is 8.20. The maximum absolute atomic E-state index is 12.3. The first kappa shape index (κ1) is 29.1. The Morgan fingerprint density at radius 1 is 1.03 bits per heavy atom. The fourth-order valence-electron chi connectivity index (χ4n) is 3.54. The van der Waals surface area contributed by atoms with E-state index >= 15 is 0 Å². The van der Waals surface area contributed by atoms with Gasteiger partial charge >= 0.3 is 12.1 Å². The number of carbonyl (C=O) groups excluding carboxylic acids is 3. The van der Waals surface area contributed by atoms with Gasteiger partial charge in [0.15, 0.2) is 0 Å². The van der Waals surface area contributed by atoms with Crippen LogP contribution in [0.25, 0.3) is 0 Å². The molecular formula is C26H32N2O9. The van der Waals surface area contributed by atoms with E-state index < -0.39 is 23.3 Å². The molecule has 0 saturated heterocycles.